The van der Waals surface area contributed by atoms with E-state index in [1.165, 1.54) is 19.3 Å². The monoisotopic (exact) mass is 223 g/mol. The van der Waals surface area contributed by atoms with Crippen LogP contribution in [0.2, 0.25) is 0 Å². The van der Waals surface area contributed by atoms with Gasteiger partial charge in [0, 0.05) is 0 Å². The normalized spacial score (nSPS) is 42.8. The Balaban J connectivity index is 1.56. The molecule has 3 rings (SSSR count). The van der Waals surface area contributed by atoms with Gasteiger partial charge in [-0.3, -0.25) is 9.69 Å². The molecule has 1 saturated heterocycles. The van der Waals surface area contributed by atoms with Gasteiger partial charge in [-0.2, -0.15) is 0 Å². The van der Waals surface area contributed by atoms with E-state index in [2.05, 4.69) is 4.90 Å². The lowest BCUT2D eigenvalue weighted by atomic mass is 9.98. The second-order valence-corrected chi connectivity index (χ2v) is 5.79. The van der Waals surface area contributed by atoms with Crippen LogP contribution in [-0.2, 0) is 9.53 Å². The summed E-state index contributed by atoms with van der Waals surface area (Å²) in [4.78, 5) is 14.2. The fourth-order valence-corrected chi connectivity index (χ4v) is 3.77. The van der Waals surface area contributed by atoms with Crippen LogP contribution in [0.15, 0.2) is 0 Å². The number of rotatable bonds is 2. The second kappa shape index (κ2) is 4.02. The van der Waals surface area contributed by atoms with Gasteiger partial charge in [0.1, 0.15) is 12.1 Å². The molecule has 3 nitrogen and oxygen atoms in total. The van der Waals surface area contributed by atoms with Crippen molar-refractivity contribution in [2.24, 2.45) is 11.8 Å². The summed E-state index contributed by atoms with van der Waals surface area (Å²) in [6.07, 6.45) is 7.44. The Hall–Kier alpha value is -0.570. The minimum absolute atomic E-state index is 0.0394. The van der Waals surface area contributed by atoms with Gasteiger partial charge in [0.05, 0.1) is 0 Å². The minimum atomic E-state index is 0.0394. The molecular weight excluding hydrogens is 202 g/mol. The smallest absolute Gasteiger partial charge is 0.323 e. The van der Waals surface area contributed by atoms with Crippen molar-refractivity contribution in [3.63, 3.8) is 0 Å². The van der Waals surface area contributed by atoms with E-state index in [0.29, 0.717) is 5.92 Å². The van der Waals surface area contributed by atoms with E-state index in [9.17, 15) is 4.79 Å². The number of fused-ring (bicyclic) bond motifs is 2. The topological polar surface area (TPSA) is 29.5 Å². The number of likely N-dealkylation sites (tertiary alicyclic amines) is 1. The standard InChI is InChI=1S/C13H21NO2/c1-14-6-2-3-11(14)13(15)16-12-8-9-4-5-10(12)7-9/h9-12H,2-8H2,1H3. The van der Waals surface area contributed by atoms with Crippen molar-refractivity contribution in [3.05, 3.63) is 0 Å². The maximum absolute atomic E-state index is 12.0. The fraction of sp³-hybridized carbons (Fsp3) is 0.923. The SMILES string of the molecule is CN1CCCC1C(=O)OC1CC2CCC1C2. The Bertz CT molecular complexity index is 292. The summed E-state index contributed by atoms with van der Waals surface area (Å²) in [5.74, 6) is 1.57. The number of hydrogen-bond donors (Lipinski definition) is 0. The Morgan fingerprint density at radius 2 is 2.12 bits per heavy atom. The van der Waals surface area contributed by atoms with Crippen LogP contribution < -0.4 is 0 Å². The highest BCUT2D eigenvalue weighted by Gasteiger charge is 2.43. The molecule has 1 aliphatic heterocycles. The molecule has 2 bridgehead atoms. The van der Waals surface area contributed by atoms with E-state index < -0.39 is 0 Å². The Kier molecular flexibility index (Phi) is 2.66. The Morgan fingerprint density at radius 3 is 2.69 bits per heavy atom. The zero-order valence-corrected chi connectivity index (χ0v) is 10.0. The lowest BCUT2D eigenvalue weighted by molar-refractivity contribution is -0.156. The summed E-state index contributed by atoms with van der Waals surface area (Å²) in [6, 6.07) is 0.0409. The van der Waals surface area contributed by atoms with E-state index in [0.717, 1.165) is 31.7 Å². The summed E-state index contributed by atoms with van der Waals surface area (Å²) in [7, 11) is 2.03. The third-order valence-corrected chi connectivity index (χ3v) is 4.73. The fourth-order valence-electron chi connectivity index (χ4n) is 3.77. The summed E-state index contributed by atoms with van der Waals surface area (Å²) in [5.41, 5.74) is 0. The zero-order valence-electron chi connectivity index (χ0n) is 10.0. The molecule has 90 valence electrons. The van der Waals surface area contributed by atoms with Crippen LogP contribution in [0, 0.1) is 11.8 Å². The molecule has 3 fully saturated rings. The molecular formula is C13H21NO2. The third kappa shape index (κ3) is 1.75. The molecule has 2 aliphatic carbocycles. The molecule has 0 aromatic carbocycles. The van der Waals surface area contributed by atoms with Gasteiger partial charge in [0.25, 0.3) is 0 Å². The Morgan fingerprint density at radius 1 is 1.25 bits per heavy atom. The first-order valence-corrected chi connectivity index (χ1v) is 6.65. The lowest BCUT2D eigenvalue weighted by Gasteiger charge is -2.25. The molecule has 0 aromatic rings. The zero-order chi connectivity index (χ0) is 11.1. The molecule has 0 amide bonds. The summed E-state index contributed by atoms with van der Waals surface area (Å²) in [5, 5.41) is 0. The third-order valence-electron chi connectivity index (χ3n) is 4.73. The summed E-state index contributed by atoms with van der Waals surface area (Å²) < 4.78 is 5.72. The van der Waals surface area contributed by atoms with Crippen molar-refractivity contribution < 1.29 is 9.53 Å². The Labute approximate surface area is 97.1 Å². The average Bonchev–Trinajstić information content (AvgIpc) is 2.92. The molecule has 3 heteroatoms. The molecule has 0 radical (unpaired) electrons. The van der Waals surface area contributed by atoms with Gasteiger partial charge in [-0.1, -0.05) is 0 Å². The second-order valence-electron chi connectivity index (χ2n) is 5.79. The molecule has 2 saturated carbocycles. The highest BCUT2D eigenvalue weighted by atomic mass is 16.5. The van der Waals surface area contributed by atoms with Crippen LogP contribution >= 0.6 is 0 Å². The van der Waals surface area contributed by atoms with Gasteiger partial charge in [0.2, 0.25) is 0 Å². The van der Waals surface area contributed by atoms with Gasteiger partial charge >= 0.3 is 5.97 Å². The average molecular weight is 223 g/mol. The van der Waals surface area contributed by atoms with Crippen LogP contribution in [0.1, 0.15) is 38.5 Å². The quantitative estimate of drug-likeness (QED) is 0.669. The van der Waals surface area contributed by atoms with E-state index in [1.807, 2.05) is 7.05 Å². The first-order valence-electron chi connectivity index (χ1n) is 6.65. The highest BCUT2D eigenvalue weighted by Crippen LogP contribution is 2.46. The van der Waals surface area contributed by atoms with E-state index >= 15 is 0 Å². The number of carbonyl (C=O) groups excluding carboxylic acids is 1. The molecule has 1 heterocycles. The van der Waals surface area contributed by atoms with Crippen LogP contribution in [0.3, 0.4) is 0 Å². The van der Waals surface area contributed by atoms with E-state index in [-0.39, 0.29) is 18.1 Å². The minimum Gasteiger partial charge on any atom is -0.461 e. The van der Waals surface area contributed by atoms with E-state index in [4.69, 9.17) is 4.74 Å². The predicted molar refractivity (Wildman–Crippen MR) is 61.0 cm³/mol. The molecule has 3 aliphatic rings. The van der Waals surface area contributed by atoms with Crippen LogP contribution in [0.25, 0.3) is 0 Å². The van der Waals surface area contributed by atoms with Gasteiger partial charge < -0.3 is 4.74 Å². The molecule has 4 unspecified atom stereocenters. The van der Waals surface area contributed by atoms with Gasteiger partial charge in [-0.25, -0.2) is 0 Å². The molecule has 4 atom stereocenters. The first kappa shape index (κ1) is 10.6. The summed E-state index contributed by atoms with van der Waals surface area (Å²) in [6.45, 7) is 1.04. The van der Waals surface area contributed by atoms with E-state index in [1.54, 1.807) is 0 Å². The number of carbonyl (C=O) groups is 1. The summed E-state index contributed by atoms with van der Waals surface area (Å²) >= 11 is 0. The predicted octanol–water partition coefficient (Wildman–Crippen LogP) is 1.81. The molecule has 0 N–H and O–H groups in total. The maximum atomic E-state index is 12.0. The van der Waals surface area contributed by atoms with Crippen molar-refractivity contribution in [1.29, 1.82) is 0 Å². The largest absolute Gasteiger partial charge is 0.461 e. The number of esters is 1. The van der Waals surface area contributed by atoms with Gasteiger partial charge in [-0.15, -0.1) is 0 Å². The van der Waals surface area contributed by atoms with Crippen molar-refractivity contribution in [2.75, 3.05) is 13.6 Å². The number of ether oxygens (including phenoxy) is 1. The maximum Gasteiger partial charge on any atom is 0.323 e. The van der Waals surface area contributed by atoms with Crippen LogP contribution in [0.5, 0.6) is 0 Å². The number of likely N-dealkylation sites (N-methyl/N-ethyl adjacent to an activating group) is 1. The van der Waals surface area contributed by atoms with Gasteiger partial charge in [0.15, 0.2) is 0 Å². The molecule has 0 spiro atoms. The molecule has 16 heavy (non-hydrogen) atoms. The number of nitrogens with zero attached hydrogens (tertiary/aromatic N) is 1. The highest BCUT2D eigenvalue weighted by molar-refractivity contribution is 5.76. The van der Waals surface area contributed by atoms with Crippen LogP contribution in [0.4, 0.5) is 0 Å². The molecule has 0 aromatic heterocycles. The van der Waals surface area contributed by atoms with Crippen molar-refractivity contribution in [3.8, 4) is 0 Å². The first-order chi connectivity index (χ1) is 7.74. The van der Waals surface area contributed by atoms with Crippen LogP contribution in [-0.4, -0.2) is 36.6 Å². The lowest BCUT2D eigenvalue weighted by Crippen LogP contribution is -2.37. The van der Waals surface area contributed by atoms with Gasteiger partial charge in [-0.05, 0) is 64.0 Å². The number of hydrogen-bond acceptors (Lipinski definition) is 3. The van der Waals surface area contributed by atoms with Crippen molar-refractivity contribution in [2.45, 2.75) is 50.7 Å². The van der Waals surface area contributed by atoms with Crippen molar-refractivity contribution in [1.82, 2.24) is 4.90 Å². The van der Waals surface area contributed by atoms with Crippen molar-refractivity contribution >= 4 is 5.97 Å².